The average molecular weight is 262 g/mol. The topological polar surface area (TPSA) is 46.2 Å². The first-order valence-corrected chi connectivity index (χ1v) is 7.21. The SMILES string of the molecule is CC[C@@H](C)NS(=O)(=O)Cc1ccccc1Cl. The highest BCUT2D eigenvalue weighted by molar-refractivity contribution is 7.88. The molecular formula is C11H16ClNO2S. The minimum atomic E-state index is -3.30. The fraction of sp³-hybridized carbons (Fsp3) is 0.455. The van der Waals surface area contributed by atoms with Gasteiger partial charge in [0.2, 0.25) is 10.0 Å². The van der Waals surface area contributed by atoms with E-state index in [-0.39, 0.29) is 11.8 Å². The van der Waals surface area contributed by atoms with Gasteiger partial charge in [-0.3, -0.25) is 0 Å². The van der Waals surface area contributed by atoms with E-state index in [1.54, 1.807) is 24.3 Å². The maximum absolute atomic E-state index is 11.8. The monoisotopic (exact) mass is 261 g/mol. The molecule has 16 heavy (non-hydrogen) atoms. The Morgan fingerprint density at radius 3 is 2.56 bits per heavy atom. The molecular weight excluding hydrogens is 246 g/mol. The molecule has 0 amide bonds. The second-order valence-corrected chi connectivity index (χ2v) is 5.94. The molecule has 0 spiro atoms. The van der Waals surface area contributed by atoms with Crippen LogP contribution in [0, 0.1) is 0 Å². The van der Waals surface area contributed by atoms with E-state index in [0.29, 0.717) is 10.6 Å². The van der Waals surface area contributed by atoms with Gasteiger partial charge in [-0.2, -0.15) is 0 Å². The van der Waals surface area contributed by atoms with E-state index in [1.165, 1.54) is 0 Å². The van der Waals surface area contributed by atoms with E-state index >= 15 is 0 Å². The van der Waals surface area contributed by atoms with Crippen LogP contribution >= 0.6 is 11.6 Å². The molecule has 0 saturated carbocycles. The second-order valence-electron chi connectivity index (χ2n) is 3.78. The summed E-state index contributed by atoms with van der Waals surface area (Å²) in [4.78, 5) is 0. The van der Waals surface area contributed by atoms with Gasteiger partial charge in [-0.25, -0.2) is 13.1 Å². The summed E-state index contributed by atoms with van der Waals surface area (Å²) in [5.41, 5.74) is 0.625. The van der Waals surface area contributed by atoms with Gasteiger partial charge >= 0.3 is 0 Å². The fourth-order valence-electron chi connectivity index (χ4n) is 1.25. The fourth-order valence-corrected chi connectivity index (χ4v) is 3.06. The van der Waals surface area contributed by atoms with Crippen LogP contribution in [0.15, 0.2) is 24.3 Å². The van der Waals surface area contributed by atoms with Crippen molar-refractivity contribution in [3.05, 3.63) is 34.9 Å². The maximum atomic E-state index is 11.8. The van der Waals surface area contributed by atoms with Crippen LogP contribution in [-0.2, 0) is 15.8 Å². The Kier molecular flexibility index (Phi) is 4.77. The lowest BCUT2D eigenvalue weighted by molar-refractivity contribution is 0.555. The highest BCUT2D eigenvalue weighted by Crippen LogP contribution is 2.17. The van der Waals surface area contributed by atoms with E-state index < -0.39 is 10.0 Å². The highest BCUT2D eigenvalue weighted by atomic mass is 35.5. The summed E-state index contributed by atoms with van der Waals surface area (Å²) in [5.74, 6) is -0.0724. The molecule has 0 aliphatic rings. The summed E-state index contributed by atoms with van der Waals surface area (Å²) in [6.07, 6.45) is 0.766. The van der Waals surface area contributed by atoms with Crippen molar-refractivity contribution in [1.29, 1.82) is 0 Å². The highest BCUT2D eigenvalue weighted by Gasteiger charge is 2.15. The van der Waals surface area contributed by atoms with Crippen LogP contribution in [0.4, 0.5) is 0 Å². The zero-order chi connectivity index (χ0) is 12.2. The summed E-state index contributed by atoms with van der Waals surface area (Å²) < 4.78 is 26.1. The molecule has 1 aromatic carbocycles. The van der Waals surface area contributed by atoms with Gasteiger partial charge in [0.15, 0.2) is 0 Å². The minimum absolute atomic E-state index is 0.0486. The van der Waals surface area contributed by atoms with Crippen molar-refractivity contribution in [1.82, 2.24) is 4.72 Å². The van der Waals surface area contributed by atoms with Gasteiger partial charge in [0.1, 0.15) is 0 Å². The van der Waals surface area contributed by atoms with Crippen molar-refractivity contribution >= 4 is 21.6 Å². The first-order chi connectivity index (χ1) is 7.44. The van der Waals surface area contributed by atoms with Crippen molar-refractivity contribution in [2.45, 2.75) is 32.1 Å². The number of sulfonamides is 1. The van der Waals surface area contributed by atoms with E-state index in [0.717, 1.165) is 6.42 Å². The van der Waals surface area contributed by atoms with E-state index in [9.17, 15) is 8.42 Å². The predicted molar refractivity (Wildman–Crippen MR) is 67.0 cm³/mol. The molecule has 1 aromatic rings. The molecule has 0 bridgehead atoms. The summed E-state index contributed by atoms with van der Waals surface area (Å²) in [5, 5.41) is 0.483. The van der Waals surface area contributed by atoms with Crippen LogP contribution in [0.25, 0.3) is 0 Å². The van der Waals surface area contributed by atoms with Gasteiger partial charge in [0, 0.05) is 11.1 Å². The van der Waals surface area contributed by atoms with Gasteiger partial charge < -0.3 is 0 Å². The first kappa shape index (κ1) is 13.5. The molecule has 90 valence electrons. The predicted octanol–water partition coefficient (Wildman–Crippen LogP) is 2.56. The second kappa shape index (κ2) is 5.66. The number of halogens is 1. The summed E-state index contributed by atoms with van der Waals surface area (Å²) in [6, 6.07) is 6.92. The number of nitrogens with one attached hydrogen (secondary N) is 1. The summed E-state index contributed by atoms with van der Waals surface area (Å²) in [7, 11) is -3.30. The molecule has 0 aliphatic heterocycles. The molecule has 0 fully saturated rings. The third kappa shape index (κ3) is 4.12. The Morgan fingerprint density at radius 1 is 1.38 bits per heavy atom. The number of benzene rings is 1. The standard InChI is InChI=1S/C11H16ClNO2S/c1-3-9(2)13-16(14,15)8-10-6-4-5-7-11(10)12/h4-7,9,13H,3,8H2,1-2H3/t9-/m1/s1. The molecule has 0 aliphatic carbocycles. The van der Waals surface area contributed by atoms with Crippen LogP contribution in [0.1, 0.15) is 25.8 Å². The first-order valence-electron chi connectivity index (χ1n) is 5.18. The molecule has 1 atom stereocenters. The molecule has 0 saturated heterocycles. The molecule has 0 aromatic heterocycles. The van der Waals surface area contributed by atoms with E-state index in [4.69, 9.17) is 11.6 Å². The van der Waals surface area contributed by atoms with Crippen LogP contribution < -0.4 is 4.72 Å². The van der Waals surface area contributed by atoms with Gasteiger partial charge in [-0.15, -0.1) is 0 Å². The minimum Gasteiger partial charge on any atom is -0.212 e. The van der Waals surface area contributed by atoms with Crippen LogP contribution in [0.3, 0.4) is 0 Å². The van der Waals surface area contributed by atoms with E-state index in [1.807, 2.05) is 13.8 Å². The average Bonchev–Trinajstić information content (AvgIpc) is 2.20. The van der Waals surface area contributed by atoms with Crippen LogP contribution in [-0.4, -0.2) is 14.5 Å². The van der Waals surface area contributed by atoms with Crippen molar-refractivity contribution < 1.29 is 8.42 Å². The third-order valence-corrected chi connectivity index (χ3v) is 4.12. The smallest absolute Gasteiger partial charge is 0.212 e. The van der Waals surface area contributed by atoms with E-state index in [2.05, 4.69) is 4.72 Å². The summed E-state index contributed by atoms with van der Waals surface area (Å²) in [6.45, 7) is 3.77. The Morgan fingerprint density at radius 2 is 2.00 bits per heavy atom. The number of rotatable bonds is 5. The third-order valence-electron chi connectivity index (χ3n) is 2.30. The Hall–Kier alpha value is -0.580. The lowest BCUT2D eigenvalue weighted by Crippen LogP contribution is -2.33. The number of hydrogen-bond donors (Lipinski definition) is 1. The quantitative estimate of drug-likeness (QED) is 0.886. The van der Waals surface area contributed by atoms with Gasteiger partial charge in [0.05, 0.1) is 5.75 Å². The Balaban J connectivity index is 2.77. The van der Waals surface area contributed by atoms with Crippen molar-refractivity contribution in [2.75, 3.05) is 0 Å². The molecule has 0 radical (unpaired) electrons. The van der Waals surface area contributed by atoms with Crippen molar-refractivity contribution in [3.8, 4) is 0 Å². The van der Waals surface area contributed by atoms with Crippen LogP contribution in [0.5, 0.6) is 0 Å². The lowest BCUT2D eigenvalue weighted by atomic mass is 10.2. The van der Waals surface area contributed by atoms with Crippen molar-refractivity contribution in [2.24, 2.45) is 0 Å². The zero-order valence-corrected chi connectivity index (χ0v) is 11.0. The van der Waals surface area contributed by atoms with Gasteiger partial charge in [-0.05, 0) is 25.0 Å². The molecule has 1 rings (SSSR count). The molecule has 0 heterocycles. The van der Waals surface area contributed by atoms with Gasteiger partial charge in [0.25, 0.3) is 0 Å². The Bertz CT molecular complexity index is 445. The normalized spacial score (nSPS) is 13.7. The molecule has 1 N–H and O–H groups in total. The lowest BCUT2D eigenvalue weighted by Gasteiger charge is -2.12. The summed E-state index contributed by atoms with van der Waals surface area (Å²) >= 11 is 5.91. The van der Waals surface area contributed by atoms with Crippen molar-refractivity contribution in [3.63, 3.8) is 0 Å². The largest absolute Gasteiger partial charge is 0.216 e. The molecule has 5 heteroatoms. The molecule has 3 nitrogen and oxygen atoms in total. The molecule has 0 unspecified atom stereocenters. The van der Waals surface area contributed by atoms with Gasteiger partial charge in [-0.1, -0.05) is 36.7 Å². The maximum Gasteiger partial charge on any atom is 0.216 e. The Labute approximate surface area is 102 Å². The van der Waals surface area contributed by atoms with Crippen LogP contribution in [0.2, 0.25) is 5.02 Å². The zero-order valence-electron chi connectivity index (χ0n) is 9.40. The number of hydrogen-bond acceptors (Lipinski definition) is 2.